The first-order valence-corrected chi connectivity index (χ1v) is 6.79. The molecule has 2 saturated heterocycles. The zero-order valence-corrected chi connectivity index (χ0v) is 11.3. The second kappa shape index (κ2) is 5.99. The number of rotatable bonds is 4. The van der Waals surface area contributed by atoms with E-state index in [9.17, 15) is 4.79 Å². The third-order valence-electron chi connectivity index (χ3n) is 4.12. The van der Waals surface area contributed by atoms with Gasteiger partial charge in [-0.1, -0.05) is 0 Å². The molecule has 0 radical (unpaired) electrons. The van der Waals surface area contributed by atoms with Crippen LogP contribution in [0.4, 0.5) is 0 Å². The Balaban J connectivity index is 1.77. The predicted octanol–water partition coefficient (Wildman–Crippen LogP) is 0.296. The van der Waals surface area contributed by atoms with Crippen molar-refractivity contribution in [2.75, 3.05) is 33.4 Å². The third kappa shape index (κ3) is 3.22. The average molecular weight is 256 g/mol. The van der Waals surface area contributed by atoms with E-state index in [0.717, 1.165) is 25.8 Å². The summed E-state index contributed by atoms with van der Waals surface area (Å²) in [5.41, 5.74) is -0.314. The molecule has 2 fully saturated rings. The van der Waals surface area contributed by atoms with Gasteiger partial charge in [0.25, 0.3) is 0 Å². The number of piperidine rings is 1. The summed E-state index contributed by atoms with van der Waals surface area (Å²) in [5.74, 6) is 0.232. The Labute approximate surface area is 109 Å². The van der Waals surface area contributed by atoms with Gasteiger partial charge in [-0.05, 0) is 19.8 Å². The molecule has 0 aromatic heterocycles. The lowest BCUT2D eigenvalue weighted by atomic mass is 9.94. The summed E-state index contributed by atoms with van der Waals surface area (Å²) in [6.45, 7) is 4.78. The highest BCUT2D eigenvalue weighted by molar-refractivity contribution is 5.79. The van der Waals surface area contributed by atoms with Gasteiger partial charge in [0.2, 0.25) is 5.91 Å². The van der Waals surface area contributed by atoms with Crippen LogP contribution in [0, 0.1) is 5.92 Å². The first-order chi connectivity index (χ1) is 8.65. The lowest BCUT2D eigenvalue weighted by Crippen LogP contribution is -2.49. The van der Waals surface area contributed by atoms with Gasteiger partial charge in [-0.2, -0.15) is 0 Å². The molecule has 0 aromatic rings. The van der Waals surface area contributed by atoms with Crippen molar-refractivity contribution in [3.63, 3.8) is 0 Å². The molecule has 2 N–H and O–H groups in total. The van der Waals surface area contributed by atoms with E-state index in [0.29, 0.717) is 25.8 Å². The molecule has 0 aliphatic carbocycles. The molecule has 3 unspecified atom stereocenters. The maximum Gasteiger partial charge on any atom is 0.224 e. The van der Waals surface area contributed by atoms with Gasteiger partial charge in [0.1, 0.15) is 5.60 Å². The van der Waals surface area contributed by atoms with Crippen LogP contribution in [0.2, 0.25) is 0 Å². The Kier molecular flexibility index (Phi) is 4.59. The van der Waals surface area contributed by atoms with E-state index < -0.39 is 0 Å². The molecule has 104 valence electrons. The van der Waals surface area contributed by atoms with Gasteiger partial charge in [0, 0.05) is 39.3 Å². The van der Waals surface area contributed by atoms with Crippen molar-refractivity contribution in [1.82, 2.24) is 10.6 Å². The van der Waals surface area contributed by atoms with Gasteiger partial charge in [-0.15, -0.1) is 0 Å². The molecule has 2 aliphatic heterocycles. The molecular formula is C13H24N2O3. The van der Waals surface area contributed by atoms with Crippen molar-refractivity contribution >= 4 is 5.91 Å². The molecule has 1 amide bonds. The van der Waals surface area contributed by atoms with E-state index >= 15 is 0 Å². The summed E-state index contributed by atoms with van der Waals surface area (Å²) < 4.78 is 10.9. The van der Waals surface area contributed by atoms with Gasteiger partial charge in [0.05, 0.1) is 12.5 Å². The first-order valence-electron chi connectivity index (χ1n) is 6.79. The molecule has 5 heteroatoms. The Bertz CT molecular complexity index is 282. The SMILES string of the molecule is COC1(CNC(=O)C2CCC(C)NC2)CCOC1. The van der Waals surface area contributed by atoms with Crippen LogP contribution in [0.3, 0.4) is 0 Å². The monoisotopic (exact) mass is 256 g/mol. The fraction of sp³-hybridized carbons (Fsp3) is 0.923. The quantitative estimate of drug-likeness (QED) is 0.759. The number of amides is 1. The van der Waals surface area contributed by atoms with E-state index in [-0.39, 0.29) is 17.4 Å². The highest BCUT2D eigenvalue weighted by Gasteiger charge is 2.36. The number of carbonyl (C=O) groups is 1. The number of hydrogen-bond donors (Lipinski definition) is 2. The Morgan fingerprint density at radius 2 is 2.39 bits per heavy atom. The zero-order valence-electron chi connectivity index (χ0n) is 11.3. The summed E-state index contributed by atoms with van der Waals surface area (Å²) >= 11 is 0. The molecular weight excluding hydrogens is 232 g/mol. The Morgan fingerprint density at radius 3 is 2.94 bits per heavy atom. The standard InChI is InChI=1S/C13H24N2O3/c1-10-3-4-11(7-14-10)12(16)15-8-13(17-2)5-6-18-9-13/h10-11,14H,3-9H2,1-2H3,(H,15,16). The lowest BCUT2D eigenvalue weighted by Gasteiger charge is -2.30. The molecule has 3 atom stereocenters. The van der Waals surface area contributed by atoms with E-state index in [4.69, 9.17) is 9.47 Å². The molecule has 0 aromatic carbocycles. The van der Waals surface area contributed by atoms with Crippen molar-refractivity contribution < 1.29 is 14.3 Å². The number of nitrogens with one attached hydrogen (secondary N) is 2. The second-order valence-electron chi connectivity index (χ2n) is 5.49. The van der Waals surface area contributed by atoms with Crippen LogP contribution >= 0.6 is 0 Å². The minimum atomic E-state index is -0.314. The van der Waals surface area contributed by atoms with E-state index in [1.54, 1.807) is 7.11 Å². The number of methoxy groups -OCH3 is 1. The topological polar surface area (TPSA) is 59.6 Å². The van der Waals surface area contributed by atoms with Crippen molar-refractivity contribution in [2.24, 2.45) is 5.92 Å². The number of ether oxygens (including phenoxy) is 2. The summed E-state index contributed by atoms with van der Waals surface area (Å²) in [5, 5.41) is 6.36. The number of carbonyl (C=O) groups excluding carboxylic acids is 1. The summed E-state index contributed by atoms with van der Waals surface area (Å²) in [6, 6.07) is 0.530. The van der Waals surface area contributed by atoms with Crippen molar-refractivity contribution in [1.29, 1.82) is 0 Å². The van der Waals surface area contributed by atoms with Crippen LogP contribution in [0.5, 0.6) is 0 Å². The average Bonchev–Trinajstić information content (AvgIpc) is 2.86. The lowest BCUT2D eigenvalue weighted by molar-refractivity contribution is -0.127. The van der Waals surface area contributed by atoms with Gasteiger partial charge < -0.3 is 20.1 Å². The molecule has 0 bridgehead atoms. The smallest absolute Gasteiger partial charge is 0.224 e. The highest BCUT2D eigenvalue weighted by atomic mass is 16.5. The van der Waals surface area contributed by atoms with Gasteiger partial charge in [-0.3, -0.25) is 4.79 Å². The van der Waals surface area contributed by atoms with Crippen LogP contribution in [-0.2, 0) is 14.3 Å². The Hall–Kier alpha value is -0.650. The van der Waals surface area contributed by atoms with Gasteiger partial charge >= 0.3 is 0 Å². The summed E-state index contributed by atoms with van der Waals surface area (Å²) in [7, 11) is 1.69. The van der Waals surface area contributed by atoms with Crippen molar-refractivity contribution in [3.8, 4) is 0 Å². The third-order valence-corrected chi connectivity index (χ3v) is 4.12. The molecule has 18 heavy (non-hydrogen) atoms. The van der Waals surface area contributed by atoms with E-state index in [1.165, 1.54) is 0 Å². The van der Waals surface area contributed by atoms with Crippen LogP contribution in [0.15, 0.2) is 0 Å². The minimum Gasteiger partial charge on any atom is -0.378 e. The fourth-order valence-corrected chi connectivity index (χ4v) is 2.58. The normalized spacial score (nSPS) is 36.6. The van der Waals surface area contributed by atoms with E-state index in [2.05, 4.69) is 17.6 Å². The maximum atomic E-state index is 12.1. The molecule has 2 heterocycles. The molecule has 2 aliphatic rings. The summed E-state index contributed by atoms with van der Waals surface area (Å²) in [4.78, 5) is 12.1. The Morgan fingerprint density at radius 1 is 1.56 bits per heavy atom. The largest absolute Gasteiger partial charge is 0.378 e. The van der Waals surface area contributed by atoms with Crippen LogP contribution in [-0.4, -0.2) is 51.0 Å². The van der Waals surface area contributed by atoms with Crippen molar-refractivity contribution in [3.05, 3.63) is 0 Å². The van der Waals surface area contributed by atoms with Crippen LogP contribution < -0.4 is 10.6 Å². The minimum absolute atomic E-state index is 0.0948. The van der Waals surface area contributed by atoms with Gasteiger partial charge in [-0.25, -0.2) is 0 Å². The molecule has 2 rings (SSSR count). The van der Waals surface area contributed by atoms with Crippen molar-refractivity contribution in [2.45, 2.75) is 37.8 Å². The first kappa shape index (κ1) is 13.8. The summed E-state index contributed by atoms with van der Waals surface area (Å²) in [6.07, 6.45) is 2.89. The van der Waals surface area contributed by atoms with Crippen LogP contribution in [0.1, 0.15) is 26.2 Å². The van der Waals surface area contributed by atoms with Gasteiger partial charge in [0.15, 0.2) is 0 Å². The molecule has 0 spiro atoms. The fourth-order valence-electron chi connectivity index (χ4n) is 2.58. The highest BCUT2D eigenvalue weighted by Crippen LogP contribution is 2.22. The maximum absolute atomic E-state index is 12.1. The second-order valence-corrected chi connectivity index (χ2v) is 5.49. The zero-order chi connectivity index (χ0) is 13.0. The van der Waals surface area contributed by atoms with E-state index in [1.807, 2.05) is 0 Å². The molecule has 5 nitrogen and oxygen atoms in total. The molecule has 0 saturated carbocycles. The van der Waals surface area contributed by atoms with Crippen LogP contribution in [0.25, 0.3) is 0 Å². The number of hydrogen-bond acceptors (Lipinski definition) is 4. The predicted molar refractivity (Wildman–Crippen MR) is 68.4 cm³/mol.